The van der Waals surface area contributed by atoms with E-state index in [0.29, 0.717) is 10.7 Å². The van der Waals surface area contributed by atoms with Crippen LogP contribution < -0.4 is 5.32 Å². The van der Waals surface area contributed by atoms with Crippen molar-refractivity contribution in [2.75, 3.05) is 11.9 Å². The van der Waals surface area contributed by atoms with E-state index in [-0.39, 0.29) is 22.8 Å². The number of anilines is 1. The van der Waals surface area contributed by atoms with Gasteiger partial charge in [0.15, 0.2) is 6.61 Å². The van der Waals surface area contributed by atoms with E-state index in [1.165, 1.54) is 0 Å². The van der Waals surface area contributed by atoms with Crippen molar-refractivity contribution in [1.82, 2.24) is 4.57 Å². The number of nitrogens with one attached hydrogen (secondary N) is 1. The smallest absolute Gasteiger partial charge is 0.343 e. The first-order valence-electron chi connectivity index (χ1n) is 8.30. The van der Waals surface area contributed by atoms with Crippen LogP contribution in [0, 0.1) is 25.2 Å². The predicted molar refractivity (Wildman–Crippen MR) is 103 cm³/mol. The van der Waals surface area contributed by atoms with Crippen LogP contribution in [0.1, 0.15) is 27.2 Å². The number of hydrogen-bond donors (Lipinski definition) is 1. The second kappa shape index (κ2) is 8.03. The van der Waals surface area contributed by atoms with Crippen LogP contribution in [0.4, 0.5) is 5.69 Å². The minimum atomic E-state index is -0.811. The van der Waals surface area contributed by atoms with Gasteiger partial charge in [0.25, 0.3) is 5.91 Å². The van der Waals surface area contributed by atoms with E-state index in [2.05, 4.69) is 5.32 Å². The molecule has 1 aromatic carbocycles. The Kier molecular flexibility index (Phi) is 5.52. The summed E-state index contributed by atoms with van der Waals surface area (Å²) in [7, 11) is 0. The molecule has 3 aromatic rings. The normalized spacial score (nSPS) is 10.4. The maximum absolute atomic E-state index is 12.5. The van der Waals surface area contributed by atoms with Crippen molar-refractivity contribution in [3.05, 3.63) is 70.2 Å². The SMILES string of the molecule is Cc1ccc(Cl)cc1NC(=O)COC(=O)c1c(C)oc(-n2cccc2)c1C#N. The standard InChI is InChI=1S/C20H16ClN3O4/c1-12-5-6-14(21)9-16(12)23-17(25)11-27-20(26)18-13(2)28-19(15(18)10-22)24-7-3-4-8-24/h3-9H,11H2,1-2H3,(H,23,25). The largest absolute Gasteiger partial charge is 0.452 e. The van der Waals surface area contributed by atoms with Gasteiger partial charge in [0.05, 0.1) is 0 Å². The maximum atomic E-state index is 12.5. The molecule has 1 amide bonds. The van der Waals surface area contributed by atoms with Gasteiger partial charge in [-0.15, -0.1) is 0 Å². The van der Waals surface area contributed by atoms with Crippen molar-refractivity contribution in [2.24, 2.45) is 0 Å². The molecule has 28 heavy (non-hydrogen) atoms. The minimum Gasteiger partial charge on any atom is -0.452 e. The molecule has 0 atom stereocenters. The van der Waals surface area contributed by atoms with Crippen molar-refractivity contribution in [1.29, 1.82) is 5.26 Å². The Balaban J connectivity index is 1.72. The molecule has 0 bridgehead atoms. The van der Waals surface area contributed by atoms with Crippen molar-refractivity contribution in [2.45, 2.75) is 13.8 Å². The molecule has 3 rings (SSSR count). The highest BCUT2D eigenvalue weighted by molar-refractivity contribution is 6.31. The number of carbonyl (C=O) groups is 2. The van der Waals surface area contributed by atoms with E-state index in [0.717, 1.165) is 5.56 Å². The van der Waals surface area contributed by atoms with Crippen molar-refractivity contribution in [3.63, 3.8) is 0 Å². The third-order valence-corrected chi connectivity index (χ3v) is 4.26. The van der Waals surface area contributed by atoms with Crippen LogP contribution in [0.3, 0.4) is 0 Å². The van der Waals surface area contributed by atoms with Crippen LogP contribution in [-0.4, -0.2) is 23.1 Å². The fraction of sp³-hybridized carbons (Fsp3) is 0.150. The maximum Gasteiger partial charge on any atom is 0.343 e. The van der Waals surface area contributed by atoms with Crippen molar-refractivity contribution >= 4 is 29.2 Å². The molecule has 2 aromatic heterocycles. The number of furan rings is 1. The lowest BCUT2D eigenvalue weighted by Gasteiger charge is -2.09. The van der Waals surface area contributed by atoms with Gasteiger partial charge >= 0.3 is 5.97 Å². The Hall–Kier alpha value is -3.50. The van der Waals surface area contributed by atoms with Crippen molar-refractivity contribution in [3.8, 4) is 12.0 Å². The molecule has 1 N–H and O–H groups in total. The Morgan fingerprint density at radius 3 is 2.68 bits per heavy atom. The number of aryl methyl sites for hydroxylation is 2. The van der Waals surface area contributed by atoms with E-state index >= 15 is 0 Å². The highest BCUT2D eigenvalue weighted by Gasteiger charge is 2.26. The summed E-state index contributed by atoms with van der Waals surface area (Å²) in [5, 5.41) is 12.6. The number of nitriles is 1. The van der Waals surface area contributed by atoms with Gasteiger partial charge < -0.3 is 14.5 Å². The monoisotopic (exact) mass is 397 g/mol. The molecular weight excluding hydrogens is 382 g/mol. The summed E-state index contributed by atoms with van der Waals surface area (Å²) < 4.78 is 12.2. The number of esters is 1. The number of hydrogen-bond acceptors (Lipinski definition) is 5. The number of carbonyl (C=O) groups excluding carboxylic acids is 2. The third kappa shape index (κ3) is 3.92. The molecule has 0 saturated heterocycles. The lowest BCUT2D eigenvalue weighted by Crippen LogP contribution is -2.21. The predicted octanol–water partition coefficient (Wildman–Crippen LogP) is 4.01. The molecule has 0 fully saturated rings. The average molecular weight is 398 g/mol. The van der Waals surface area contributed by atoms with Gasteiger partial charge in [-0.05, 0) is 43.7 Å². The molecule has 0 unspecified atom stereocenters. The first kappa shape index (κ1) is 19.3. The highest BCUT2D eigenvalue weighted by Crippen LogP contribution is 2.26. The molecule has 2 heterocycles. The van der Waals surface area contributed by atoms with E-state index in [9.17, 15) is 14.9 Å². The van der Waals surface area contributed by atoms with E-state index in [1.807, 2.05) is 13.0 Å². The molecule has 0 radical (unpaired) electrons. The molecule has 0 aliphatic heterocycles. The van der Waals surface area contributed by atoms with Crippen LogP contribution in [0.2, 0.25) is 5.02 Å². The minimum absolute atomic E-state index is 0.00191. The number of ether oxygens (including phenoxy) is 1. The Bertz CT molecular complexity index is 1080. The summed E-state index contributed by atoms with van der Waals surface area (Å²) in [6, 6.07) is 10.6. The topological polar surface area (TPSA) is 97.3 Å². The number of halogens is 1. The second-order valence-electron chi connectivity index (χ2n) is 6.00. The van der Waals surface area contributed by atoms with Crippen molar-refractivity contribution < 1.29 is 18.7 Å². The highest BCUT2D eigenvalue weighted by atomic mass is 35.5. The number of benzene rings is 1. The number of amides is 1. The fourth-order valence-corrected chi connectivity index (χ4v) is 2.82. The Morgan fingerprint density at radius 1 is 1.29 bits per heavy atom. The van der Waals surface area contributed by atoms with Gasteiger partial charge in [-0.2, -0.15) is 5.26 Å². The zero-order valence-electron chi connectivity index (χ0n) is 15.2. The summed E-state index contributed by atoms with van der Waals surface area (Å²) in [5.41, 5.74) is 1.39. The summed E-state index contributed by atoms with van der Waals surface area (Å²) in [6.07, 6.45) is 3.38. The third-order valence-electron chi connectivity index (χ3n) is 4.03. The summed E-state index contributed by atoms with van der Waals surface area (Å²) in [6.45, 7) is 2.85. The summed E-state index contributed by atoms with van der Waals surface area (Å²) >= 11 is 5.92. The molecule has 0 saturated carbocycles. The van der Waals surface area contributed by atoms with Gasteiger partial charge in [-0.1, -0.05) is 17.7 Å². The summed E-state index contributed by atoms with van der Waals surface area (Å²) in [5.74, 6) is -0.884. The Labute approximate surface area is 166 Å². The molecule has 7 nitrogen and oxygen atoms in total. The Morgan fingerprint density at radius 2 is 2.00 bits per heavy atom. The van der Waals surface area contributed by atoms with Crippen LogP contribution in [0.25, 0.3) is 5.88 Å². The lowest BCUT2D eigenvalue weighted by atomic mass is 10.1. The molecule has 142 valence electrons. The van der Waals surface area contributed by atoms with Crippen LogP contribution >= 0.6 is 11.6 Å². The zero-order chi connectivity index (χ0) is 20.3. The van der Waals surface area contributed by atoms with Gasteiger partial charge in [-0.3, -0.25) is 9.36 Å². The van der Waals surface area contributed by atoms with Gasteiger partial charge in [0.2, 0.25) is 5.88 Å². The number of rotatable bonds is 5. The average Bonchev–Trinajstić information content (AvgIpc) is 3.30. The van der Waals surface area contributed by atoms with Gasteiger partial charge in [0.1, 0.15) is 23.0 Å². The lowest BCUT2D eigenvalue weighted by molar-refractivity contribution is -0.119. The summed E-state index contributed by atoms with van der Waals surface area (Å²) in [4.78, 5) is 24.6. The molecule has 0 aliphatic carbocycles. The van der Waals surface area contributed by atoms with Crippen LogP contribution in [-0.2, 0) is 9.53 Å². The van der Waals surface area contributed by atoms with E-state index < -0.39 is 18.5 Å². The zero-order valence-corrected chi connectivity index (χ0v) is 15.9. The first-order chi connectivity index (χ1) is 13.4. The van der Waals surface area contributed by atoms with Gasteiger partial charge in [0, 0.05) is 23.1 Å². The fourth-order valence-electron chi connectivity index (χ4n) is 2.65. The molecule has 0 spiro atoms. The molecule has 8 heteroatoms. The van der Waals surface area contributed by atoms with Gasteiger partial charge in [-0.25, -0.2) is 4.79 Å². The second-order valence-corrected chi connectivity index (χ2v) is 6.44. The number of aromatic nitrogens is 1. The van der Waals surface area contributed by atoms with E-state index in [4.69, 9.17) is 20.8 Å². The van der Waals surface area contributed by atoms with Crippen LogP contribution in [0.5, 0.6) is 0 Å². The molecular formula is C20H16ClN3O4. The molecule has 0 aliphatic rings. The van der Waals surface area contributed by atoms with Crippen LogP contribution in [0.15, 0.2) is 47.1 Å². The number of nitrogens with zero attached hydrogens (tertiary/aromatic N) is 2. The quantitative estimate of drug-likeness (QED) is 0.656. The van der Waals surface area contributed by atoms with E-state index in [1.54, 1.807) is 54.2 Å². The first-order valence-corrected chi connectivity index (χ1v) is 8.68.